The minimum absolute atomic E-state index is 0.266. The summed E-state index contributed by atoms with van der Waals surface area (Å²) in [5.74, 6) is -0.143. The van der Waals surface area contributed by atoms with E-state index in [2.05, 4.69) is 5.32 Å². The second kappa shape index (κ2) is 7.79. The van der Waals surface area contributed by atoms with Crippen molar-refractivity contribution in [3.63, 3.8) is 0 Å². The molecule has 0 spiro atoms. The van der Waals surface area contributed by atoms with Crippen LogP contribution in [0.3, 0.4) is 0 Å². The molecule has 0 aliphatic carbocycles. The highest BCUT2D eigenvalue weighted by atomic mass is 16.5. The first-order valence-corrected chi connectivity index (χ1v) is 7.29. The van der Waals surface area contributed by atoms with Gasteiger partial charge in [-0.15, -0.1) is 0 Å². The molecule has 1 saturated heterocycles. The van der Waals surface area contributed by atoms with E-state index in [1.54, 1.807) is 12.1 Å². The van der Waals surface area contributed by atoms with E-state index in [1.807, 2.05) is 0 Å². The SMILES string of the molecule is COC(=O)c1cc(OC[C@H]2CCCNC2)cc(C(=O)OC)c1. The number of hydrogen-bond donors (Lipinski definition) is 1. The lowest BCUT2D eigenvalue weighted by Gasteiger charge is -2.23. The van der Waals surface area contributed by atoms with Crippen molar-refractivity contribution in [3.05, 3.63) is 29.3 Å². The number of nitrogens with one attached hydrogen (secondary N) is 1. The van der Waals surface area contributed by atoms with Gasteiger partial charge in [-0.05, 0) is 37.6 Å². The first-order valence-electron chi connectivity index (χ1n) is 7.29. The second-order valence-corrected chi connectivity index (χ2v) is 5.25. The van der Waals surface area contributed by atoms with Crippen LogP contribution in [0.2, 0.25) is 0 Å². The third-order valence-electron chi connectivity index (χ3n) is 3.63. The van der Waals surface area contributed by atoms with Crippen molar-refractivity contribution in [2.75, 3.05) is 33.9 Å². The van der Waals surface area contributed by atoms with Crippen LogP contribution in [0.15, 0.2) is 18.2 Å². The summed E-state index contributed by atoms with van der Waals surface area (Å²) in [5, 5.41) is 3.32. The van der Waals surface area contributed by atoms with Crippen molar-refractivity contribution in [1.29, 1.82) is 0 Å². The summed E-state index contributed by atoms with van der Waals surface area (Å²) >= 11 is 0. The van der Waals surface area contributed by atoms with Crippen LogP contribution >= 0.6 is 0 Å². The monoisotopic (exact) mass is 307 g/mol. The van der Waals surface area contributed by atoms with E-state index in [4.69, 9.17) is 14.2 Å². The number of benzene rings is 1. The van der Waals surface area contributed by atoms with Crippen LogP contribution in [-0.2, 0) is 9.47 Å². The number of carbonyl (C=O) groups is 2. The minimum Gasteiger partial charge on any atom is -0.493 e. The van der Waals surface area contributed by atoms with Gasteiger partial charge in [0.25, 0.3) is 0 Å². The molecule has 1 N–H and O–H groups in total. The van der Waals surface area contributed by atoms with Gasteiger partial charge >= 0.3 is 11.9 Å². The maximum Gasteiger partial charge on any atom is 0.338 e. The lowest BCUT2D eigenvalue weighted by atomic mass is 10.0. The largest absolute Gasteiger partial charge is 0.493 e. The summed E-state index contributed by atoms with van der Waals surface area (Å²) in [6.07, 6.45) is 2.23. The van der Waals surface area contributed by atoms with Crippen LogP contribution in [-0.4, -0.2) is 45.9 Å². The Morgan fingerprint density at radius 3 is 2.27 bits per heavy atom. The van der Waals surface area contributed by atoms with Crippen molar-refractivity contribution in [2.24, 2.45) is 5.92 Å². The number of rotatable bonds is 5. The van der Waals surface area contributed by atoms with Crippen molar-refractivity contribution >= 4 is 11.9 Å². The topological polar surface area (TPSA) is 73.9 Å². The maximum absolute atomic E-state index is 11.7. The number of carbonyl (C=O) groups excluding carboxylic acids is 2. The van der Waals surface area contributed by atoms with Crippen LogP contribution in [0.5, 0.6) is 5.75 Å². The third kappa shape index (κ3) is 4.21. The lowest BCUT2D eigenvalue weighted by Crippen LogP contribution is -2.33. The Hall–Kier alpha value is -2.08. The molecule has 2 rings (SSSR count). The van der Waals surface area contributed by atoms with Gasteiger partial charge in [0.2, 0.25) is 0 Å². The minimum atomic E-state index is -0.519. The highest BCUT2D eigenvalue weighted by Crippen LogP contribution is 2.21. The zero-order chi connectivity index (χ0) is 15.9. The summed E-state index contributed by atoms with van der Waals surface area (Å²) in [4.78, 5) is 23.4. The fourth-order valence-corrected chi connectivity index (χ4v) is 2.43. The summed E-state index contributed by atoms with van der Waals surface area (Å²) in [7, 11) is 2.59. The Kier molecular flexibility index (Phi) is 5.77. The molecule has 120 valence electrons. The normalized spacial score (nSPS) is 17.6. The molecular weight excluding hydrogens is 286 g/mol. The maximum atomic E-state index is 11.7. The molecule has 1 aliphatic heterocycles. The first-order chi connectivity index (χ1) is 10.6. The summed E-state index contributed by atoms with van der Waals surface area (Å²) in [5.41, 5.74) is 0.532. The molecule has 1 heterocycles. The Labute approximate surface area is 129 Å². The fourth-order valence-electron chi connectivity index (χ4n) is 2.43. The van der Waals surface area contributed by atoms with E-state index in [-0.39, 0.29) is 11.1 Å². The van der Waals surface area contributed by atoms with Gasteiger partial charge in [0.15, 0.2) is 0 Å². The van der Waals surface area contributed by atoms with Gasteiger partial charge in [0, 0.05) is 12.5 Å². The van der Waals surface area contributed by atoms with E-state index in [0.29, 0.717) is 18.3 Å². The first kappa shape index (κ1) is 16.3. The molecular formula is C16H21NO5. The predicted molar refractivity (Wildman–Crippen MR) is 80.2 cm³/mol. The van der Waals surface area contributed by atoms with E-state index in [1.165, 1.54) is 20.3 Å². The standard InChI is InChI=1S/C16H21NO5/c1-20-15(18)12-6-13(16(19)21-2)8-14(7-12)22-10-11-4-3-5-17-9-11/h6-8,11,17H,3-5,9-10H2,1-2H3/t11-/m0/s1. The summed E-state index contributed by atoms with van der Waals surface area (Å²) in [6, 6.07) is 4.59. The van der Waals surface area contributed by atoms with Gasteiger partial charge in [-0.3, -0.25) is 0 Å². The molecule has 1 atom stereocenters. The molecule has 6 nitrogen and oxygen atoms in total. The van der Waals surface area contributed by atoms with Crippen molar-refractivity contribution in [1.82, 2.24) is 5.32 Å². The quantitative estimate of drug-likeness (QED) is 0.834. The summed E-state index contributed by atoms with van der Waals surface area (Å²) < 4.78 is 15.2. The molecule has 0 aromatic heterocycles. The number of ether oxygens (including phenoxy) is 3. The van der Waals surface area contributed by atoms with Crippen LogP contribution in [0, 0.1) is 5.92 Å². The van der Waals surface area contributed by atoms with Gasteiger partial charge in [0.1, 0.15) is 5.75 Å². The van der Waals surface area contributed by atoms with Crippen LogP contribution in [0.1, 0.15) is 33.6 Å². The van der Waals surface area contributed by atoms with E-state index < -0.39 is 11.9 Å². The average molecular weight is 307 g/mol. The van der Waals surface area contributed by atoms with Crippen LogP contribution < -0.4 is 10.1 Å². The molecule has 0 saturated carbocycles. The molecule has 0 bridgehead atoms. The molecule has 1 aromatic carbocycles. The highest BCUT2D eigenvalue weighted by Gasteiger charge is 2.17. The third-order valence-corrected chi connectivity index (χ3v) is 3.63. The molecule has 0 unspecified atom stereocenters. The smallest absolute Gasteiger partial charge is 0.338 e. The van der Waals surface area contributed by atoms with Gasteiger partial charge in [0.05, 0.1) is 32.0 Å². The Morgan fingerprint density at radius 1 is 1.14 bits per heavy atom. The van der Waals surface area contributed by atoms with Crippen LogP contribution in [0.4, 0.5) is 0 Å². The molecule has 0 amide bonds. The fraction of sp³-hybridized carbons (Fsp3) is 0.500. The van der Waals surface area contributed by atoms with E-state index in [0.717, 1.165) is 25.9 Å². The molecule has 1 aromatic rings. The Bertz CT molecular complexity index is 503. The number of methoxy groups -OCH3 is 2. The zero-order valence-electron chi connectivity index (χ0n) is 12.9. The van der Waals surface area contributed by atoms with E-state index in [9.17, 15) is 9.59 Å². The van der Waals surface area contributed by atoms with Crippen LogP contribution in [0.25, 0.3) is 0 Å². The molecule has 1 aliphatic rings. The van der Waals surface area contributed by atoms with Gasteiger partial charge in [-0.1, -0.05) is 0 Å². The van der Waals surface area contributed by atoms with Gasteiger partial charge in [-0.2, -0.15) is 0 Å². The van der Waals surface area contributed by atoms with E-state index >= 15 is 0 Å². The zero-order valence-corrected chi connectivity index (χ0v) is 12.9. The molecule has 22 heavy (non-hydrogen) atoms. The molecule has 6 heteroatoms. The summed E-state index contributed by atoms with van der Waals surface area (Å²) in [6.45, 7) is 2.50. The molecule has 1 fully saturated rings. The van der Waals surface area contributed by atoms with Gasteiger partial charge in [-0.25, -0.2) is 9.59 Å². The number of hydrogen-bond acceptors (Lipinski definition) is 6. The Balaban J connectivity index is 2.13. The van der Waals surface area contributed by atoms with Crippen molar-refractivity contribution < 1.29 is 23.8 Å². The predicted octanol–water partition coefficient (Wildman–Crippen LogP) is 1.64. The van der Waals surface area contributed by atoms with Crippen molar-refractivity contribution in [3.8, 4) is 5.75 Å². The second-order valence-electron chi connectivity index (χ2n) is 5.25. The highest BCUT2D eigenvalue weighted by molar-refractivity contribution is 5.96. The number of piperidine rings is 1. The van der Waals surface area contributed by atoms with Crippen molar-refractivity contribution in [2.45, 2.75) is 12.8 Å². The molecule has 0 radical (unpaired) electrons. The Morgan fingerprint density at radius 2 is 1.77 bits per heavy atom. The lowest BCUT2D eigenvalue weighted by molar-refractivity contribution is 0.0598. The average Bonchev–Trinajstić information content (AvgIpc) is 2.59. The van der Waals surface area contributed by atoms with Gasteiger partial charge < -0.3 is 19.5 Å². The number of esters is 2.